The number of thiophene rings is 1. The second-order valence-electron chi connectivity index (χ2n) is 9.79. The van der Waals surface area contributed by atoms with E-state index in [-0.39, 0.29) is 55.3 Å². The minimum absolute atomic E-state index is 0. The Kier molecular flexibility index (Phi) is 13.8. The van der Waals surface area contributed by atoms with Gasteiger partial charge < -0.3 is 19.0 Å². The summed E-state index contributed by atoms with van der Waals surface area (Å²) in [7, 11) is 0. The maximum Gasteiger partial charge on any atom is 2.00 e. The Labute approximate surface area is 276 Å². The zero-order valence-corrected chi connectivity index (χ0v) is 29.2. The normalized spacial score (nSPS) is 17.0. The summed E-state index contributed by atoms with van der Waals surface area (Å²) < 4.78 is 0. The zero-order valence-electron chi connectivity index (χ0n) is 22.7. The van der Waals surface area contributed by atoms with E-state index < -0.39 is 5.54 Å². The number of carbonyl (C=O) groups excluding carboxylic acids is 1. The van der Waals surface area contributed by atoms with Gasteiger partial charge in [0, 0.05) is 21.6 Å². The number of nitrogens with one attached hydrogen (secondary N) is 1. The first-order valence-electron chi connectivity index (χ1n) is 13.4. The van der Waals surface area contributed by atoms with Crippen molar-refractivity contribution in [2.24, 2.45) is 0 Å². The van der Waals surface area contributed by atoms with Crippen LogP contribution in [0.1, 0.15) is 54.7 Å². The third-order valence-electron chi connectivity index (χ3n) is 7.26. The average molecular weight is 816 g/mol. The van der Waals surface area contributed by atoms with Gasteiger partial charge in [-0.25, -0.2) is 0 Å². The van der Waals surface area contributed by atoms with Gasteiger partial charge in [0.25, 0.3) is 0 Å². The molecule has 3 atom stereocenters. The number of rotatable bonds is 14. The van der Waals surface area contributed by atoms with Crippen LogP contribution in [0.3, 0.4) is 0 Å². The summed E-state index contributed by atoms with van der Waals surface area (Å²) in [6.07, 6.45) is 9.62. The predicted octanol–water partition coefficient (Wildman–Crippen LogP) is 8.26. The Balaban J connectivity index is 0.00000441. The SMILES string of the molecule is [CH2-]CCC(C[CH2-])c1ccc(C(CC(=O)CSC2CC=CC=C2Cl)(NCO)c2csc(-c3ccccc3)c2)cc1.[U+2]. The van der Waals surface area contributed by atoms with Crippen molar-refractivity contribution in [3.63, 3.8) is 0 Å². The van der Waals surface area contributed by atoms with Gasteiger partial charge in [-0.15, -0.1) is 23.1 Å². The molecule has 1 aliphatic rings. The Hall–Kier alpha value is -1.10. The van der Waals surface area contributed by atoms with Crippen LogP contribution in [-0.2, 0) is 10.3 Å². The summed E-state index contributed by atoms with van der Waals surface area (Å²) >= 11 is 9.63. The second kappa shape index (κ2) is 16.5. The summed E-state index contributed by atoms with van der Waals surface area (Å²) in [5.41, 5.74) is 3.40. The topological polar surface area (TPSA) is 49.3 Å². The predicted molar refractivity (Wildman–Crippen MR) is 168 cm³/mol. The third-order valence-corrected chi connectivity index (χ3v) is 10.1. The molecular weight excluding hydrogens is 780 g/mol. The Morgan fingerprint density at radius 1 is 1.15 bits per heavy atom. The van der Waals surface area contributed by atoms with Gasteiger partial charge in [-0.2, -0.15) is 12.8 Å². The molecule has 0 radical (unpaired) electrons. The van der Waals surface area contributed by atoms with Crippen molar-refractivity contribution in [3.8, 4) is 10.4 Å². The van der Waals surface area contributed by atoms with Crippen LogP contribution >= 0.6 is 34.7 Å². The maximum absolute atomic E-state index is 13.6. The summed E-state index contributed by atoms with van der Waals surface area (Å²) in [5.74, 6) is 0.797. The number of benzene rings is 2. The van der Waals surface area contributed by atoms with Crippen molar-refractivity contribution < 1.29 is 41.0 Å². The molecule has 3 aromatic rings. The molecule has 0 fully saturated rings. The largest absolute Gasteiger partial charge is 2.00 e. The Bertz CT molecular complexity index is 1280. The number of ketones is 1. The molecule has 1 heterocycles. The molecule has 1 aliphatic carbocycles. The van der Waals surface area contributed by atoms with Crippen molar-refractivity contribution in [2.45, 2.75) is 48.8 Å². The van der Waals surface area contributed by atoms with Crippen LogP contribution in [0.2, 0.25) is 0 Å². The number of hydrogen-bond donors (Lipinski definition) is 2. The molecule has 208 valence electrons. The quantitative estimate of drug-likeness (QED) is 0.127. The van der Waals surface area contributed by atoms with Crippen molar-refractivity contribution in [1.82, 2.24) is 5.32 Å². The second-order valence-corrected chi connectivity index (χ2v) is 12.3. The standard InChI is InChI=1S/C33H36ClNO2S2.U/c1-3-10-24(4-2)25-15-17-27(18-16-25)33(35-23-36,20-29(37)22-39-31-14-9-8-13-30(31)34)28-19-32(38-21-28)26-11-6-5-7-12-26;/h5-9,11-13,15-19,21,24,31,35-36H,1-4,10,14,20,22-23H2;/q-2;+2. The van der Waals surface area contributed by atoms with Gasteiger partial charge in [0.1, 0.15) is 5.78 Å². The van der Waals surface area contributed by atoms with Gasteiger partial charge in [-0.3, -0.25) is 10.1 Å². The van der Waals surface area contributed by atoms with E-state index in [9.17, 15) is 9.90 Å². The average Bonchev–Trinajstić information content (AvgIpc) is 3.47. The number of hydrogen-bond acceptors (Lipinski definition) is 5. The Morgan fingerprint density at radius 2 is 1.90 bits per heavy atom. The molecule has 0 saturated carbocycles. The van der Waals surface area contributed by atoms with Crippen LogP contribution < -0.4 is 5.32 Å². The summed E-state index contributed by atoms with van der Waals surface area (Å²) in [6.45, 7) is 7.88. The third kappa shape index (κ3) is 8.26. The molecule has 0 saturated heterocycles. The van der Waals surface area contributed by atoms with E-state index in [1.165, 1.54) is 5.56 Å². The molecule has 0 amide bonds. The van der Waals surface area contributed by atoms with Crippen LogP contribution in [0.5, 0.6) is 0 Å². The number of halogens is 1. The fraction of sp³-hybridized carbons (Fsp3) is 0.303. The molecule has 3 unspecified atom stereocenters. The fourth-order valence-electron chi connectivity index (χ4n) is 5.12. The smallest absolute Gasteiger partial charge is 0.381 e. The molecule has 1 aromatic heterocycles. The first-order valence-corrected chi connectivity index (χ1v) is 15.7. The van der Waals surface area contributed by atoms with Crippen LogP contribution in [-0.4, -0.2) is 28.6 Å². The first-order chi connectivity index (χ1) is 19.0. The molecule has 40 heavy (non-hydrogen) atoms. The van der Waals surface area contributed by atoms with Crippen LogP contribution in [0.25, 0.3) is 10.4 Å². The van der Waals surface area contributed by atoms with Crippen molar-refractivity contribution in [3.05, 3.63) is 120 Å². The van der Waals surface area contributed by atoms with E-state index in [0.29, 0.717) is 11.7 Å². The number of Topliss-reactive ketones (excluding diaryl/α,β-unsaturated/α-hetero) is 1. The molecular formula is C33H36ClNO2S2U. The van der Waals surface area contributed by atoms with E-state index >= 15 is 0 Å². The zero-order chi connectivity index (χ0) is 27.7. The van der Waals surface area contributed by atoms with Crippen molar-refractivity contribution in [2.75, 3.05) is 12.5 Å². The summed E-state index contributed by atoms with van der Waals surface area (Å²) in [6, 6.07) is 20.8. The van der Waals surface area contributed by atoms with E-state index in [2.05, 4.69) is 73.1 Å². The first kappa shape index (κ1) is 33.4. The molecule has 2 aromatic carbocycles. The minimum Gasteiger partial charge on any atom is -0.381 e. The van der Waals surface area contributed by atoms with E-state index in [4.69, 9.17) is 11.6 Å². The van der Waals surface area contributed by atoms with Crippen molar-refractivity contribution >= 4 is 40.5 Å². The molecule has 0 aliphatic heterocycles. The van der Waals surface area contributed by atoms with Gasteiger partial charge >= 0.3 is 31.1 Å². The summed E-state index contributed by atoms with van der Waals surface area (Å²) in [5, 5.41) is 16.5. The molecule has 3 nitrogen and oxygen atoms in total. The number of thioether (sulfide) groups is 1. The summed E-state index contributed by atoms with van der Waals surface area (Å²) in [4.78, 5) is 14.7. The van der Waals surface area contributed by atoms with Gasteiger partial charge in [0.05, 0.1) is 18.0 Å². The Morgan fingerprint density at radius 3 is 2.55 bits per heavy atom. The molecule has 0 bridgehead atoms. The molecule has 2 N–H and O–H groups in total. The van der Waals surface area contributed by atoms with Crippen LogP contribution in [0.15, 0.2) is 89.3 Å². The minimum atomic E-state index is -0.868. The van der Waals surface area contributed by atoms with Crippen molar-refractivity contribution in [1.29, 1.82) is 0 Å². The van der Waals surface area contributed by atoms with Gasteiger partial charge in [0.15, 0.2) is 0 Å². The van der Waals surface area contributed by atoms with Crippen LogP contribution in [0.4, 0.5) is 0 Å². The number of aliphatic hydroxyl groups excluding tert-OH is 1. The van der Waals surface area contributed by atoms with Gasteiger partial charge in [0.2, 0.25) is 0 Å². The van der Waals surface area contributed by atoms with Gasteiger partial charge in [-0.1, -0.05) is 84.8 Å². The fourth-order valence-corrected chi connectivity index (χ4v) is 7.44. The van der Waals surface area contributed by atoms with E-state index in [0.717, 1.165) is 52.3 Å². The molecule has 4 rings (SSSR count). The van der Waals surface area contributed by atoms with E-state index in [1.807, 2.05) is 30.4 Å². The number of allylic oxidation sites excluding steroid dienone is 3. The maximum atomic E-state index is 13.6. The number of aliphatic hydroxyl groups is 1. The van der Waals surface area contributed by atoms with E-state index in [1.54, 1.807) is 23.1 Å². The molecule has 0 spiro atoms. The molecule has 7 heteroatoms. The van der Waals surface area contributed by atoms with Crippen LogP contribution in [0, 0.1) is 45.0 Å². The monoisotopic (exact) mass is 815 g/mol. The van der Waals surface area contributed by atoms with Gasteiger partial charge in [-0.05, 0) is 52.1 Å². The number of carbonyl (C=O) groups is 1.